The third-order valence-electron chi connectivity index (χ3n) is 7.90. The first-order valence-electron chi connectivity index (χ1n) is 13.1. The van der Waals surface area contributed by atoms with Crippen molar-refractivity contribution in [3.05, 3.63) is 29.5 Å². The Kier molecular flexibility index (Phi) is 8.21. The van der Waals surface area contributed by atoms with E-state index in [2.05, 4.69) is 36.0 Å². The third-order valence-corrected chi connectivity index (χ3v) is 7.90. The van der Waals surface area contributed by atoms with Crippen LogP contribution in [-0.4, -0.2) is 42.7 Å². The molecule has 0 unspecified atom stereocenters. The molecular formula is C29H36FN3O4. The number of alkyl halides is 1. The molecule has 0 bridgehead atoms. The highest BCUT2D eigenvalue weighted by Gasteiger charge is 2.41. The summed E-state index contributed by atoms with van der Waals surface area (Å²) >= 11 is 0. The van der Waals surface area contributed by atoms with E-state index in [0.717, 1.165) is 18.8 Å². The normalized spacial score (nSPS) is 25.5. The molecule has 1 aromatic heterocycles. The fourth-order valence-electron chi connectivity index (χ4n) is 5.52. The van der Waals surface area contributed by atoms with Gasteiger partial charge in [-0.05, 0) is 56.1 Å². The number of rotatable bonds is 7. The highest BCUT2D eigenvalue weighted by molar-refractivity contribution is 6.03. The van der Waals surface area contributed by atoms with Crippen LogP contribution in [0.5, 0.6) is 11.6 Å². The van der Waals surface area contributed by atoms with Crippen molar-refractivity contribution >= 4 is 22.6 Å². The lowest BCUT2D eigenvalue weighted by Crippen LogP contribution is -2.34. The van der Waals surface area contributed by atoms with E-state index in [1.54, 1.807) is 18.3 Å². The summed E-state index contributed by atoms with van der Waals surface area (Å²) in [5.41, 5.74) is 6.53. The summed E-state index contributed by atoms with van der Waals surface area (Å²) in [6, 6.07) is 2.87. The number of nitrogens with two attached hydrogens (primary N) is 1. The van der Waals surface area contributed by atoms with Gasteiger partial charge in [0.1, 0.15) is 12.4 Å². The van der Waals surface area contributed by atoms with Crippen LogP contribution >= 0.6 is 0 Å². The number of aromatic nitrogens is 1. The number of ether oxygens (including phenoxy) is 2. The van der Waals surface area contributed by atoms with Gasteiger partial charge in [0.05, 0.1) is 24.3 Å². The number of methoxy groups -OCH3 is 1. The zero-order valence-corrected chi connectivity index (χ0v) is 22.0. The molecule has 198 valence electrons. The Morgan fingerprint density at radius 2 is 1.97 bits per heavy atom. The van der Waals surface area contributed by atoms with Crippen molar-refractivity contribution in [2.24, 2.45) is 29.4 Å². The lowest BCUT2D eigenvalue weighted by atomic mass is 9.77. The Morgan fingerprint density at radius 1 is 1.24 bits per heavy atom. The van der Waals surface area contributed by atoms with E-state index in [9.17, 15) is 14.0 Å². The topological polar surface area (TPSA) is 104 Å². The lowest BCUT2D eigenvalue weighted by Gasteiger charge is -2.28. The van der Waals surface area contributed by atoms with Gasteiger partial charge in [-0.1, -0.05) is 32.6 Å². The van der Waals surface area contributed by atoms with E-state index < -0.39 is 29.9 Å². The first kappa shape index (κ1) is 26.7. The second-order valence-corrected chi connectivity index (χ2v) is 10.5. The predicted molar refractivity (Wildman–Crippen MR) is 140 cm³/mol. The molecule has 1 saturated heterocycles. The molecule has 1 aliphatic carbocycles. The van der Waals surface area contributed by atoms with E-state index in [1.807, 2.05) is 6.92 Å². The van der Waals surface area contributed by atoms with Crippen LogP contribution in [0.15, 0.2) is 18.3 Å². The van der Waals surface area contributed by atoms with Crippen molar-refractivity contribution in [2.45, 2.75) is 65.1 Å². The van der Waals surface area contributed by atoms with Crippen LogP contribution < -0.4 is 20.5 Å². The number of benzene rings is 1. The molecule has 3 N–H and O–H groups in total. The molecule has 2 aromatic rings. The fraction of sp³-hybridized carbons (Fsp3) is 0.552. The molecule has 2 fully saturated rings. The number of halogens is 1. The summed E-state index contributed by atoms with van der Waals surface area (Å²) < 4.78 is 25.6. The molecule has 1 aliphatic heterocycles. The molecule has 1 saturated carbocycles. The Balaban J connectivity index is 1.65. The Bertz CT molecular complexity index is 1230. The maximum atomic E-state index is 14.2. The van der Waals surface area contributed by atoms with Crippen LogP contribution in [-0.2, 0) is 4.79 Å². The van der Waals surface area contributed by atoms with Crippen molar-refractivity contribution in [3.63, 3.8) is 0 Å². The molecule has 3 atom stereocenters. The highest BCUT2D eigenvalue weighted by atomic mass is 19.1. The number of carbonyl (C=O) groups is 2. The van der Waals surface area contributed by atoms with E-state index >= 15 is 0 Å². The van der Waals surface area contributed by atoms with Crippen LogP contribution in [0, 0.1) is 35.5 Å². The number of nitrogens with one attached hydrogen (secondary N) is 1. The summed E-state index contributed by atoms with van der Waals surface area (Å²) in [4.78, 5) is 28.5. The van der Waals surface area contributed by atoms with Crippen molar-refractivity contribution in [3.8, 4) is 23.5 Å². The summed E-state index contributed by atoms with van der Waals surface area (Å²) in [6.07, 6.45) is 5.10. The first-order valence-corrected chi connectivity index (χ1v) is 13.1. The summed E-state index contributed by atoms with van der Waals surface area (Å²) in [7, 11) is 1.46. The van der Waals surface area contributed by atoms with Gasteiger partial charge in [-0.2, -0.15) is 0 Å². The van der Waals surface area contributed by atoms with E-state index in [0.29, 0.717) is 46.2 Å². The molecule has 7 nitrogen and oxygen atoms in total. The van der Waals surface area contributed by atoms with Crippen LogP contribution in [0.4, 0.5) is 4.39 Å². The van der Waals surface area contributed by atoms with Gasteiger partial charge < -0.3 is 20.5 Å². The molecule has 2 amide bonds. The standard InChI is InChI=1S/C29H36FN3O4/c1-5-20-24(33-28(35)26(20)30)15-37-29-22-13-25(36-4)23(27(31)34)12-21(22)19(14-32-29)11-8-17-6-9-18(10-7-17)16(2)3/h12-14,16-18,20,24,26H,5-7,9-10,15H2,1-4H3,(H2,31,34)(H,33,35)/t17-,18-,20-,24+,26-/m0/s1. The average Bonchev–Trinajstić information content (AvgIpc) is 3.17. The molecular weight excluding hydrogens is 473 g/mol. The van der Waals surface area contributed by atoms with Gasteiger partial charge in [0, 0.05) is 28.8 Å². The summed E-state index contributed by atoms with van der Waals surface area (Å²) in [5, 5.41) is 3.95. The zero-order chi connectivity index (χ0) is 26.7. The molecule has 2 heterocycles. The maximum Gasteiger partial charge on any atom is 0.255 e. The van der Waals surface area contributed by atoms with Gasteiger partial charge in [-0.25, -0.2) is 9.37 Å². The SMILES string of the molecule is CC[C@@H]1[C@H](F)C(=O)N[C@@H]1COc1ncc(C#C[C@H]2CC[C@H](C(C)C)CC2)c2cc(C(N)=O)c(OC)cc12. The highest BCUT2D eigenvalue weighted by Crippen LogP contribution is 2.35. The Labute approximate surface area is 217 Å². The lowest BCUT2D eigenvalue weighted by molar-refractivity contribution is -0.123. The summed E-state index contributed by atoms with van der Waals surface area (Å²) in [6.45, 7) is 6.47. The second kappa shape index (κ2) is 11.4. The number of pyridine rings is 1. The number of fused-ring (bicyclic) bond motifs is 1. The largest absolute Gasteiger partial charge is 0.496 e. The van der Waals surface area contributed by atoms with Crippen LogP contribution in [0.1, 0.15) is 68.8 Å². The predicted octanol–water partition coefficient (Wildman–Crippen LogP) is 4.40. The molecule has 2 aliphatic rings. The quantitative estimate of drug-likeness (QED) is 0.539. The number of primary amides is 1. The molecule has 8 heteroatoms. The van der Waals surface area contributed by atoms with Crippen LogP contribution in [0.2, 0.25) is 0 Å². The zero-order valence-electron chi connectivity index (χ0n) is 22.0. The minimum Gasteiger partial charge on any atom is -0.496 e. The van der Waals surface area contributed by atoms with Gasteiger partial charge in [0.2, 0.25) is 5.88 Å². The van der Waals surface area contributed by atoms with Gasteiger partial charge in [-0.3, -0.25) is 9.59 Å². The Morgan fingerprint density at radius 3 is 2.59 bits per heavy atom. The number of nitrogens with zero attached hydrogens (tertiary/aromatic N) is 1. The number of hydrogen-bond acceptors (Lipinski definition) is 5. The molecule has 0 radical (unpaired) electrons. The third kappa shape index (κ3) is 5.66. The van der Waals surface area contributed by atoms with E-state index in [-0.39, 0.29) is 12.2 Å². The van der Waals surface area contributed by atoms with Gasteiger partial charge >= 0.3 is 0 Å². The Hall–Kier alpha value is -3.34. The van der Waals surface area contributed by atoms with E-state index in [1.165, 1.54) is 20.0 Å². The van der Waals surface area contributed by atoms with Crippen molar-refractivity contribution in [2.75, 3.05) is 13.7 Å². The minimum atomic E-state index is -1.55. The van der Waals surface area contributed by atoms with Crippen molar-refractivity contribution in [1.82, 2.24) is 10.3 Å². The monoisotopic (exact) mass is 509 g/mol. The summed E-state index contributed by atoms with van der Waals surface area (Å²) in [5.74, 6) is 7.37. The van der Waals surface area contributed by atoms with Gasteiger partial charge in [0.15, 0.2) is 6.17 Å². The minimum absolute atomic E-state index is 0.0662. The number of amides is 2. The van der Waals surface area contributed by atoms with Crippen LogP contribution in [0.25, 0.3) is 10.8 Å². The second-order valence-electron chi connectivity index (χ2n) is 10.5. The molecule has 1 aromatic carbocycles. The van der Waals surface area contributed by atoms with Crippen molar-refractivity contribution in [1.29, 1.82) is 0 Å². The number of carbonyl (C=O) groups excluding carboxylic acids is 2. The average molecular weight is 510 g/mol. The fourth-order valence-corrected chi connectivity index (χ4v) is 5.52. The smallest absolute Gasteiger partial charge is 0.255 e. The molecule has 37 heavy (non-hydrogen) atoms. The number of hydrogen-bond donors (Lipinski definition) is 2. The molecule has 0 spiro atoms. The van der Waals surface area contributed by atoms with Crippen molar-refractivity contribution < 1.29 is 23.5 Å². The van der Waals surface area contributed by atoms with Crippen LogP contribution in [0.3, 0.4) is 0 Å². The maximum absolute atomic E-state index is 14.2. The molecule has 4 rings (SSSR count). The van der Waals surface area contributed by atoms with Gasteiger partial charge in [0.25, 0.3) is 11.8 Å². The van der Waals surface area contributed by atoms with Gasteiger partial charge in [-0.15, -0.1) is 0 Å². The van der Waals surface area contributed by atoms with E-state index in [4.69, 9.17) is 15.2 Å². The first-order chi connectivity index (χ1) is 17.7.